The zero-order valence-corrected chi connectivity index (χ0v) is 9.54. The summed E-state index contributed by atoms with van der Waals surface area (Å²) >= 11 is 0. The van der Waals surface area contributed by atoms with Gasteiger partial charge in [-0.3, -0.25) is 9.79 Å². The summed E-state index contributed by atoms with van der Waals surface area (Å²) in [5, 5.41) is 3.58. The van der Waals surface area contributed by atoms with Crippen molar-refractivity contribution in [2.75, 3.05) is 0 Å². The Kier molecular flexibility index (Phi) is 2.54. The lowest BCUT2D eigenvalue weighted by Gasteiger charge is -2.30. The molecular weight excluding hydrogens is 200 g/mol. The summed E-state index contributed by atoms with van der Waals surface area (Å²) in [6.45, 7) is 0. The summed E-state index contributed by atoms with van der Waals surface area (Å²) in [4.78, 5) is 16.4. The van der Waals surface area contributed by atoms with Gasteiger partial charge >= 0.3 is 0 Å². The quantitative estimate of drug-likeness (QED) is 0.675. The van der Waals surface area contributed by atoms with Gasteiger partial charge in [0.15, 0.2) is 5.78 Å². The van der Waals surface area contributed by atoms with Crippen molar-refractivity contribution in [2.24, 2.45) is 4.99 Å². The lowest BCUT2D eigenvalue weighted by atomic mass is 9.90. The van der Waals surface area contributed by atoms with Gasteiger partial charge in [0.1, 0.15) is 0 Å². The van der Waals surface area contributed by atoms with E-state index in [9.17, 15) is 4.79 Å². The van der Waals surface area contributed by atoms with E-state index in [0.717, 1.165) is 24.1 Å². The smallest absolute Gasteiger partial charge is 0.166 e. The van der Waals surface area contributed by atoms with E-state index in [4.69, 9.17) is 0 Å². The van der Waals surface area contributed by atoms with Crippen LogP contribution in [-0.2, 0) is 4.79 Å². The molecule has 86 valence electrons. The van der Waals surface area contributed by atoms with E-state index in [1.165, 1.54) is 25.7 Å². The van der Waals surface area contributed by atoms with Crippen LogP contribution in [0.3, 0.4) is 0 Å². The number of fused-ring (bicyclic) bond motifs is 1. The molecule has 1 N–H and O–H groups in total. The Bertz CT molecular complexity index is 370. The van der Waals surface area contributed by atoms with Gasteiger partial charge in [0.2, 0.25) is 0 Å². The number of carbonyl (C=O) groups is 1. The molecule has 0 aromatic carbocycles. The maximum atomic E-state index is 11.8. The van der Waals surface area contributed by atoms with E-state index in [1.807, 2.05) is 6.21 Å². The van der Waals surface area contributed by atoms with E-state index in [0.29, 0.717) is 18.5 Å². The highest BCUT2D eigenvalue weighted by atomic mass is 16.1. The Labute approximate surface area is 96.0 Å². The molecule has 16 heavy (non-hydrogen) atoms. The SMILES string of the molecule is O=C1CCCC2=C1C=N[C@@H]1CCCC[C@H]1N2. The van der Waals surface area contributed by atoms with Crippen LogP contribution in [0.2, 0.25) is 0 Å². The van der Waals surface area contributed by atoms with E-state index in [2.05, 4.69) is 10.3 Å². The van der Waals surface area contributed by atoms with Crippen molar-refractivity contribution in [1.29, 1.82) is 0 Å². The van der Waals surface area contributed by atoms with Crippen LogP contribution < -0.4 is 5.32 Å². The molecule has 2 atom stereocenters. The molecule has 2 aliphatic carbocycles. The van der Waals surface area contributed by atoms with Gasteiger partial charge in [-0.15, -0.1) is 0 Å². The Morgan fingerprint density at radius 1 is 1.19 bits per heavy atom. The second-order valence-corrected chi connectivity index (χ2v) is 5.05. The summed E-state index contributed by atoms with van der Waals surface area (Å²) in [5.74, 6) is 0.274. The van der Waals surface area contributed by atoms with Crippen molar-refractivity contribution < 1.29 is 4.79 Å². The maximum absolute atomic E-state index is 11.8. The predicted molar refractivity (Wildman–Crippen MR) is 63.6 cm³/mol. The van der Waals surface area contributed by atoms with Crippen LogP contribution >= 0.6 is 0 Å². The van der Waals surface area contributed by atoms with Crippen molar-refractivity contribution in [2.45, 2.75) is 57.0 Å². The number of aliphatic imine (C=N–C) groups is 1. The first-order valence-corrected chi connectivity index (χ1v) is 6.40. The number of nitrogens with zero attached hydrogens (tertiary/aromatic N) is 1. The minimum Gasteiger partial charge on any atom is -0.383 e. The third-order valence-electron chi connectivity index (χ3n) is 3.94. The standard InChI is InChI=1S/C13H18N2O/c16-13-7-3-6-10-9(13)8-14-11-4-1-2-5-12(11)15-10/h8,11-12,15H,1-7H2/t11-,12-/m1/s1. The largest absolute Gasteiger partial charge is 0.383 e. The fourth-order valence-corrected chi connectivity index (χ4v) is 3.02. The first-order valence-electron chi connectivity index (χ1n) is 6.40. The number of ketones is 1. The number of nitrogens with one attached hydrogen (secondary N) is 1. The molecule has 0 spiro atoms. The maximum Gasteiger partial charge on any atom is 0.166 e. The fraction of sp³-hybridized carbons (Fsp3) is 0.692. The van der Waals surface area contributed by atoms with Crippen LogP contribution in [-0.4, -0.2) is 24.1 Å². The van der Waals surface area contributed by atoms with Gasteiger partial charge in [0, 0.05) is 24.4 Å². The molecule has 1 heterocycles. The first-order chi connectivity index (χ1) is 7.84. The van der Waals surface area contributed by atoms with Crippen LogP contribution in [0.4, 0.5) is 0 Å². The molecule has 0 radical (unpaired) electrons. The average Bonchev–Trinajstić information content (AvgIpc) is 2.48. The molecule has 3 heteroatoms. The van der Waals surface area contributed by atoms with Crippen LogP contribution in [0.5, 0.6) is 0 Å². The number of rotatable bonds is 0. The second-order valence-electron chi connectivity index (χ2n) is 5.05. The van der Waals surface area contributed by atoms with Crippen LogP contribution in [0.15, 0.2) is 16.3 Å². The van der Waals surface area contributed by atoms with Gasteiger partial charge in [-0.1, -0.05) is 12.8 Å². The molecule has 3 aliphatic rings. The van der Waals surface area contributed by atoms with Gasteiger partial charge < -0.3 is 5.32 Å². The van der Waals surface area contributed by atoms with Crippen molar-refractivity contribution >= 4 is 12.0 Å². The Hall–Kier alpha value is -1.12. The molecule has 0 bridgehead atoms. The fourth-order valence-electron chi connectivity index (χ4n) is 3.02. The number of Topliss-reactive ketones (excluding diaryl/α,β-unsaturated/α-hetero) is 1. The van der Waals surface area contributed by atoms with Gasteiger partial charge in [-0.25, -0.2) is 0 Å². The van der Waals surface area contributed by atoms with Crippen molar-refractivity contribution in [3.8, 4) is 0 Å². The molecule has 1 fully saturated rings. The number of hydrogen-bond donors (Lipinski definition) is 1. The van der Waals surface area contributed by atoms with E-state index in [-0.39, 0.29) is 5.78 Å². The molecule has 1 saturated carbocycles. The normalized spacial score (nSPS) is 33.9. The first kappa shape index (κ1) is 10.1. The zero-order valence-electron chi connectivity index (χ0n) is 9.54. The molecule has 0 saturated heterocycles. The van der Waals surface area contributed by atoms with Crippen LogP contribution in [0.1, 0.15) is 44.9 Å². The molecular formula is C13H18N2O. The van der Waals surface area contributed by atoms with Crippen LogP contribution in [0.25, 0.3) is 0 Å². The van der Waals surface area contributed by atoms with Crippen molar-refractivity contribution in [3.05, 3.63) is 11.3 Å². The average molecular weight is 218 g/mol. The summed E-state index contributed by atoms with van der Waals surface area (Å²) < 4.78 is 0. The van der Waals surface area contributed by atoms with Crippen molar-refractivity contribution in [3.63, 3.8) is 0 Å². The Balaban J connectivity index is 1.90. The van der Waals surface area contributed by atoms with Gasteiger partial charge in [-0.2, -0.15) is 0 Å². The number of hydrogen-bond acceptors (Lipinski definition) is 3. The third kappa shape index (κ3) is 1.68. The van der Waals surface area contributed by atoms with Gasteiger partial charge in [-0.05, 0) is 25.7 Å². The highest BCUT2D eigenvalue weighted by molar-refractivity contribution is 6.14. The Morgan fingerprint density at radius 3 is 3.00 bits per heavy atom. The van der Waals surface area contributed by atoms with E-state index >= 15 is 0 Å². The van der Waals surface area contributed by atoms with E-state index < -0.39 is 0 Å². The molecule has 0 aromatic rings. The topological polar surface area (TPSA) is 41.5 Å². The lowest BCUT2D eigenvalue weighted by Crippen LogP contribution is -2.40. The molecule has 3 nitrogen and oxygen atoms in total. The lowest BCUT2D eigenvalue weighted by molar-refractivity contribution is -0.115. The predicted octanol–water partition coefficient (Wildman–Crippen LogP) is 1.98. The third-order valence-corrected chi connectivity index (χ3v) is 3.94. The summed E-state index contributed by atoms with van der Waals surface area (Å²) in [6.07, 6.45) is 9.50. The summed E-state index contributed by atoms with van der Waals surface area (Å²) in [7, 11) is 0. The van der Waals surface area contributed by atoms with E-state index in [1.54, 1.807) is 0 Å². The molecule has 1 aliphatic heterocycles. The highest BCUT2D eigenvalue weighted by Crippen LogP contribution is 2.28. The minimum absolute atomic E-state index is 0.274. The van der Waals surface area contributed by atoms with Crippen molar-refractivity contribution in [1.82, 2.24) is 5.32 Å². The molecule has 0 unspecified atom stereocenters. The molecule has 3 rings (SSSR count). The van der Waals surface area contributed by atoms with Gasteiger partial charge in [0.05, 0.1) is 11.6 Å². The number of carbonyl (C=O) groups excluding carboxylic acids is 1. The molecule has 0 aromatic heterocycles. The second kappa shape index (κ2) is 4.04. The molecule has 0 amide bonds. The summed E-state index contributed by atoms with van der Waals surface area (Å²) in [5.41, 5.74) is 2.02. The van der Waals surface area contributed by atoms with Crippen LogP contribution in [0, 0.1) is 0 Å². The summed E-state index contributed by atoms with van der Waals surface area (Å²) in [6, 6.07) is 0.871. The van der Waals surface area contributed by atoms with Gasteiger partial charge in [0.25, 0.3) is 0 Å². The zero-order chi connectivity index (χ0) is 11.0. The Morgan fingerprint density at radius 2 is 2.06 bits per heavy atom. The number of allylic oxidation sites excluding steroid dienone is 2. The highest BCUT2D eigenvalue weighted by Gasteiger charge is 2.30. The minimum atomic E-state index is 0.274. The monoisotopic (exact) mass is 218 g/mol.